The lowest BCUT2D eigenvalue weighted by Crippen LogP contribution is -2.33. The highest BCUT2D eigenvalue weighted by atomic mass is 79.9. The molecule has 1 unspecified atom stereocenters. The molecule has 4 N–H and O–H groups in total. The topological polar surface area (TPSA) is 80.0 Å². The van der Waals surface area contributed by atoms with Crippen LogP contribution in [0, 0.1) is 0 Å². The van der Waals surface area contributed by atoms with Gasteiger partial charge in [0.2, 0.25) is 0 Å². The van der Waals surface area contributed by atoms with Gasteiger partial charge in [-0.15, -0.1) is 0 Å². The molecule has 0 saturated carbocycles. The highest BCUT2D eigenvalue weighted by molar-refractivity contribution is 9.10. The zero-order valence-electron chi connectivity index (χ0n) is 12.1. The SMILES string of the molecule is CCCCCCC(C)NC(=O)c1cc(Br)cnc1NN. The minimum atomic E-state index is -0.158. The summed E-state index contributed by atoms with van der Waals surface area (Å²) in [5.41, 5.74) is 2.89. The van der Waals surface area contributed by atoms with Gasteiger partial charge >= 0.3 is 0 Å². The van der Waals surface area contributed by atoms with E-state index >= 15 is 0 Å². The number of halogens is 1. The molecule has 1 rings (SSSR count). The Morgan fingerprint density at radius 3 is 2.85 bits per heavy atom. The molecule has 1 aromatic heterocycles. The Morgan fingerprint density at radius 2 is 2.20 bits per heavy atom. The van der Waals surface area contributed by atoms with E-state index in [9.17, 15) is 4.79 Å². The number of carbonyl (C=O) groups excluding carboxylic acids is 1. The van der Waals surface area contributed by atoms with Crippen molar-refractivity contribution in [3.63, 3.8) is 0 Å². The van der Waals surface area contributed by atoms with E-state index in [0.717, 1.165) is 17.3 Å². The molecule has 1 amide bonds. The number of aromatic nitrogens is 1. The number of rotatable bonds is 8. The summed E-state index contributed by atoms with van der Waals surface area (Å²) in [6, 6.07) is 1.85. The number of carbonyl (C=O) groups is 1. The number of amides is 1. The number of nitrogens with one attached hydrogen (secondary N) is 2. The fraction of sp³-hybridized carbons (Fsp3) is 0.571. The van der Waals surface area contributed by atoms with Gasteiger partial charge < -0.3 is 10.7 Å². The second-order valence-corrected chi connectivity index (χ2v) is 5.83. The third kappa shape index (κ3) is 5.46. The Hall–Kier alpha value is -1.14. The van der Waals surface area contributed by atoms with E-state index in [4.69, 9.17) is 5.84 Å². The average molecular weight is 343 g/mol. The largest absolute Gasteiger partial charge is 0.349 e. The minimum Gasteiger partial charge on any atom is -0.349 e. The fourth-order valence-corrected chi connectivity index (χ4v) is 2.31. The molecular formula is C14H23BrN4O. The number of nitrogens with zero attached hydrogens (tertiary/aromatic N) is 1. The third-order valence-electron chi connectivity index (χ3n) is 3.10. The summed E-state index contributed by atoms with van der Waals surface area (Å²) in [5.74, 6) is 5.60. The first-order valence-corrected chi connectivity index (χ1v) is 7.80. The molecule has 0 fully saturated rings. The van der Waals surface area contributed by atoms with Gasteiger partial charge in [0.05, 0.1) is 5.56 Å². The Morgan fingerprint density at radius 1 is 1.45 bits per heavy atom. The van der Waals surface area contributed by atoms with E-state index in [1.165, 1.54) is 19.3 Å². The van der Waals surface area contributed by atoms with Gasteiger partial charge in [-0.3, -0.25) is 4.79 Å². The standard InChI is InChI=1S/C14H23BrN4O/c1-3-4-5-6-7-10(2)18-14(20)12-8-11(15)9-17-13(12)19-16/h8-10H,3-7,16H2,1-2H3,(H,17,19)(H,18,20). The second kappa shape index (κ2) is 8.92. The summed E-state index contributed by atoms with van der Waals surface area (Å²) < 4.78 is 0.747. The number of hydrogen-bond acceptors (Lipinski definition) is 4. The molecule has 1 heterocycles. The molecule has 5 nitrogen and oxygen atoms in total. The zero-order valence-corrected chi connectivity index (χ0v) is 13.7. The van der Waals surface area contributed by atoms with E-state index in [-0.39, 0.29) is 11.9 Å². The van der Waals surface area contributed by atoms with Crippen molar-refractivity contribution < 1.29 is 4.79 Å². The molecule has 6 heteroatoms. The molecule has 112 valence electrons. The van der Waals surface area contributed by atoms with E-state index in [2.05, 4.69) is 38.6 Å². The molecule has 0 aliphatic rings. The van der Waals surface area contributed by atoms with Crippen LogP contribution in [0.15, 0.2) is 16.7 Å². The molecule has 0 saturated heterocycles. The van der Waals surface area contributed by atoms with Crippen LogP contribution in [0.5, 0.6) is 0 Å². The maximum atomic E-state index is 12.2. The van der Waals surface area contributed by atoms with Crippen molar-refractivity contribution in [2.45, 2.75) is 52.0 Å². The molecule has 1 atom stereocenters. The summed E-state index contributed by atoms with van der Waals surface area (Å²) in [5, 5.41) is 2.98. The molecule has 0 bridgehead atoms. The summed E-state index contributed by atoms with van der Waals surface area (Å²) in [4.78, 5) is 16.3. The van der Waals surface area contributed by atoms with Crippen LogP contribution < -0.4 is 16.6 Å². The van der Waals surface area contributed by atoms with E-state index in [0.29, 0.717) is 11.4 Å². The Bertz CT molecular complexity index is 439. The number of nitrogens with two attached hydrogens (primary N) is 1. The van der Waals surface area contributed by atoms with Crippen molar-refractivity contribution in [3.8, 4) is 0 Å². The Labute approximate surface area is 128 Å². The monoisotopic (exact) mass is 342 g/mol. The molecule has 0 spiro atoms. The first-order valence-electron chi connectivity index (χ1n) is 7.01. The second-order valence-electron chi connectivity index (χ2n) is 4.92. The van der Waals surface area contributed by atoms with Crippen LogP contribution in [0.25, 0.3) is 0 Å². The summed E-state index contributed by atoms with van der Waals surface area (Å²) in [7, 11) is 0. The molecule has 0 aromatic carbocycles. The lowest BCUT2D eigenvalue weighted by Gasteiger charge is -2.15. The highest BCUT2D eigenvalue weighted by Crippen LogP contribution is 2.17. The number of pyridine rings is 1. The summed E-state index contributed by atoms with van der Waals surface area (Å²) >= 11 is 3.31. The lowest BCUT2D eigenvalue weighted by molar-refractivity contribution is 0.0938. The van der Waals surface area contributed by atoms with Crippen LogP contribution in [0.2, 0.25) is 0 Å². The van der Waals surface area contributed by atoms with Gasteiger partial charge in [-0.1, -0.05) is 32.6 Å². The molecule has 20 heavy (non-hydrogen) atoms. The van der Waals surface area contributed by atoms with Crippen LogP contribution in [0.1, 0.15) is 56.3 Å². The predicted octanol–water partition coefficient (Wildman–Crippen LogP) is 3.22. The average Bonchev–Trinajstić information content (AvgIpc) is 2.43. The first-order chi connectivity index (χ1) is 9.58. The minimum absolute atomic E-state index is 0.143. The number of hydrogen-bond donors (Lipinski definition) is 3. The maximum absolute atomic E-state index is 12.2. The zero-order chi connectivity index (χ0) is 15.0. The van der Waals surface area contributed by atoms with Crippen molar-refractivity contribution in [1.82, 2.24) is 10.3 Å². The van der Waals surface area contributed by atoms with Crippen molar-refractivity contribution in [3.05, 3.63) is 22.3 Å². The number of unbranched alkanes of at least 4 members (excludes halogenated alkanes) is 3. The van der Waals surface area contributed by atoms with Gasteiger partial charge in [0.1, 0.15) is 0 Å². The van der Waals surface area contributed by atoms with Gasteiger partial charge in [-0.2, -0.15) is 0 Å². The molecule has 0 aliphatic carbocycles. The maximum Gasteiger partial charge on any atom is 0.255 e. The van der Waals surface area contributed by atoms with Gasteiger partial charge in [0, 0.05) is 16.7 Å². The molecule has 1 aromatic rings. The normalized spacial score (nSPS) is 12.0. The highest BCUT2D eigenvalue weighted by Gasteiger charge is 2.15. The van der Waals surface area contributed by atoms with Crippen molar-refractivity contribution >= 4 is 27.7 Å². The fourth-order valence-electron chi connectivity index (χ4n) is 1.98. The quantitative estimate of drug-likeness (QED) is 0.385. The smallest absolute Gasteiger partial charge is 0.255 e. The van der Waals surface area contributed by atoms with Crippen LogP contribution in [0.3, 0.4) is 0 Å². The van der Waals surface area contributed by atoms with Gasteiger partial charge in [-0.05, 0) is 35.3 Å². The van der Waals surface area contributed by atoms with Crippen molar-refractivity contribution in [1.29, 1.82) is 0 Å². The lowest BCUT2D eigenvalue weighted by atomic mass is 10.1. The van der Waals surface area contributed by atoms with E-state index < -0.39 is 0 Å². The first kappa shape index (κ1) is 16.9. The number of hydrazine groups is 1. The molecular weight excluding hydrogens is 320 g/mol. The number of anilines is 1. The van der Waals surface area contributed by atoms with Crippen molar-refractivity contribution in [2.75, 3.05) is 5.43 Å². The van der Waals surface area contributed by atoms with Gasteiger partial charge in [0.15, 0.2) is 5.82 Å². The van der Waals surface area contributed by atoms with Crippen LogP contribution >= 0.6 is 15.9 Å². The van der Waals surface area contributed by atoms with Crippen molar-refractivity contribution in [2.24, 2.45) is 5.84 Å². The summed E-state index contributed by atoms with van der Waals surface area (Å²) in [6.07, 6.45) is 7.39. The Balaban J connectivity index is 2.55. The van der Waals surface area contributed by atoms with Crippen LogP contribution in [0.4, 0.5) is 5.82 Å². The van der Waals surface area contributed by atoms with E-state index in [1.807, 2.05) is 6.92 Å². The van der Waals surface area contributed by atoms with Gasteiger partial charge in [0.25, 0.3) is 5.91 Å². The van der Waals surface area contributed by atoms with Gasteiger partial charge in [-0.25, -0.2) is 10.8 Å². The third-order valence-corrected chi connectivity index (χ3v) is 3.54. The molecule has 0 aliphatic heterocycles. The number of nitrogen functional groups attached to an aromatic ring is 1. The summed E-state index contributed by atoms with van der Waals surface area (Å²) in [6.45, 7) is 4.21. The van der Waals surface area contributed by atoms with E-state index in [1.54, 1.807) is 12.3 Å². The Kier molecular flexibility index (Phi) is 7.54. The van der Waals surface area contributed by atoms with Crippen LogP contribution in [-0.2, 0) is 0 Å². The molecule has 0 radical (unpaired) electrons. The predicted molar refractivity (Wildman–Crippen MR) is 85.4 cm³/mol. The van der Waals surface area contributed by atoms with Crippen LogP contribution in [-0.4, -0.2) is 16.9 Å².